The van der Waals surface area contributed by atoms with Gasteiger partial charge in [-0.1, -0.05) is 29.8 Å². The molecule has 186 valence electrons. The molecule has 34 heavy (non-hydrogen) atoms. The molecule has 0 saturated carbocycles. The number of nitrogens with two attached hydrogens (primary N) is 1. The van der Waals surface area contributed by atoms with E-state index < -0.39 is 0 Å². The number of primary amides is 1. The number of aryl methyl sites for hydroxylation is 1. The predicted molar refractivity (Wildman–Crippen MR) is 138 cm³/mol. The van der Waals surface area contributed by atoms with Crippen LogP contribution in [0.15, 0.2) is 42.5 Å². The fraction of sp³-hybridized carbons (Fsp3) is 0.519. The molecule has 0 unspecified atom stereocenters. The Morgan fingerprint density at radius 1 is 0.912 bits per heavy atom. The molecule has 4 rings (SSSR count). The Hall–Kier alpha value is -2.28. The van der Waals surface area contributed by atoms with Crippen LogP contribution in [0.3, 0.4) is 0 Å². The van der Waals surface area contributed by atoms with E-state index in [-0.39, 0.29) is 11.8 Å². The van der Waals surface area contributed by atoms with Gasteiger partial charge in [-0.3, -0.25) is 4.79 Å². The Labute approximate surface area is 209 Å². The lowest BCUT2D eigenvalue weighted by Crippen LogP contribution is -2.52. The van der Waals surface area contributed by atoms with E-state index in [4.69, 9.17) is 26.8 Å². The van der Waals surface area contributed by atoms with Gasteiger partial charge in [0.2, 0.25) is 5.91 Å². The SMILES string of the molecule is COc1ccc(CCCN2CCCC2)cc1OC.NC(=O)C1CN(CCc2ccc(Cl)cc2)C1. The highest BCUT2D eigenvalue weighted by atomic mass is 35.5. The van der Waals surface area contributed by atoms with E-state index in [1.165, 1.54) is 50.0 Å². The molecule has 0 radical (unpaired) electrons. The Morgan fingerprint density at radius 3 is 2.18 bits per heavy atom. The highest BCUT2D eigenvalue weighted by Crippen LogP contribution is 2.28. The molecule has 0 aromatic heterocycles. The van der Waals surface area contributed by atoms with E-state index >= 15 is 0 Å². The average Bonchev–Trinajstić information content (AvgIpc) is 3.33. The smallest absolute Gasteiger partial charge is 0.223 e. The lowest BCUT2D eigenvalue weighted by molar-refractivity contribution is -0.126. The second-order valence-corrected chi connectivity index (χ2v) is 9.51. The summed E-state index contributed by atoms with van der Waals surface area (Å²) >= 11 is 5.80. The zero-order chi connectivity index (χ0) is 24.3. The fourth-order valence-corrected chi connectivity index (χ4v) is 4.55. The Bertz CT molecular complexity index is 894. The zero-order valence-corrected chi connectivity index (χ0v) is 21.2. The van der Waals surface area contributed by atoms with Gasteiger partial charge in [0.15, 0.2) is 11.5 Å². The quantitative estimate of drug-likeness (QED) is 0.548. The maximum Gasteiger partial charge on any atom is 0.223 e. The molecule has 2 aliphatic heterocycles. The van der Waals surface area contributed by atoms with Crippen LogP contribution in [0.4, 0.5) is 0 Å². The summed E-state index contributed by atoms with van der Waals surface area (Å²) in [6.07, 6.45) is 6.06. The highest BCUT2D eigenvalue weighted by Gasteiger charge is 2.30. The summed E-state index contributed by atoms with van der Waals surface area (Å²) in [7, 11) is 3.36. The second-order valence-electron chi connectivity index (χ2n) is 9.08. The minimum absolute atomic E-state index is 0.0604. The number of rotatable bonds is 10. The molecule has 7 heteroatoms. The van der Waals surface area contributed by atoms with Crippen LogP contribution in [0.25, 0.3) is 0 Å². The third-order valence-corrected chi connectivity index (χ3v) is 6.83. The Balaban J connectivity index is 0.000000192. The molecule has 0 atom stereocenters. The summed E-state index contributed by atoms with van der Waals surface area (Å²) < 4.78 is 10.6. The number of ether oxygens (including phenoxy) is 2. The molecular weight excluding hydrogens is 450 g/mol. The van der Waals surface area contributed by atoms with Crippen molar-refractivity contribution in [3.63, 3.8) is 0 Å². The van der Waals surface area contributed by atoms with Crippen LogP contribution in [0.1, 0.15) is 30.4 Å². The Morgan fingerprint density at radius 2 is 1.56 bits per heavy atom. The monoisotopic (exact) mass is 487 g/mol. The third-order valence-electron chi connectivity index (χ3n) is 6.58. The minimum atomic E-state index is -0.178. The van der Waals surface area contributed by atoms with Crippen molar-refractivity contribution in [1.29, 1.82) is 0 Å². The first-order chi connectivity index (χ1) is 16.5. The summed E-state index contributed by atoms with van der Waals surface area (Å²) in [4.78, 5) is 15.6. The largest absolute Gasteiger partial charge is 0.493 e. The number of carbonyl (C=O) groups is 1. The van der Waals surface area contributed by atoms with Crippen LogP contribution in [-0.4, -0.2) is 69.2 Å². The van der Waals surface area contributed by atoms with Crippen molar-refractivity contribution in [2.75, 3.05) is 53.5 Å². The molecule has 0 spiro atoms. The van der Waals surface area contributed by atoms with Crippen molar-refractivity contribution in [2.45, 2.75) is 32.1 Å². The number of likely N-dealkylation sites (tertiary alicyclic amines) is 2. The number of halogens is 1. The van der Waals surface area contributed by atoms with Crippen molar-refractivity contribution in [1.82, 2.24) is 9.80 Å². The number of hydrogen-bond donors (Lipinski definition) is 1. The van der Waals surface area contributed by atoms with Gasteiger partial charge in [-0.05, 0) is 87.1 Å². The number of methoxy groups -OCH3 is 2. The van der Waals surface area contributed by atoms with Gasteiger partial charge in [0.05, 0.1) is 20.1 Å². The number of carbonyl (C=O) groups excluding carboxylic acids is 1. The molecule has 2 saturated heterocycles. The lowest BCUT2D eigenvalue weighted by Gasteiger charge is -2.37. The second kappa shape index (κ2) is 13.6. The van der Waals surface area contributed by atoms with Crippen molar-refractivity contribution < 1.29 is 14.3 Å². The zero-order valence-electron chi connectivity index (χ0n) is 20.5. The van der Waals surface area contributed by atoms with E-state index in [2.05, 4.69) is 21.9 Å². The summed E-state index contributed by atoms with van der Waals surface area (Å²) in [6.45, 7) is 6.38. The normalized spacial score (nSPS) is 16.4. The molecule has 2 heterocycles. The van der Waals surface area contributed by atoms with Crippen molar-refractivity contribution in [3.8, 4) is 11.5 Å². The molecule has 2 N–H and O–H groups in total. The summed E-state index contributed by atoms with van der Waals surface area (Å²) in [5.41, 5.74) is 7.80. The van der Waals surface area contributed by atoms with E-state index in [1.54, 1.807) is 14.2 Å². The molecule has 1 amide bonds. The first-order valence-electron chi connectivity index (χ1n) is 12.2. The first kappa shape index (κ1) is 26.3. The highest BCUT2D eigenvalue weighted by molar-refractivity contribution is 6.30. The summed E-state index contributed by atoms with van der Waals surface area (Å²) in [6, 6.07) is 14.1. The number of amides is 1. The number of nitrogens with zero attached hydrogens (tertiary/aromatic N) is 2. The van der Waals surface area contributed by atoms with Gasteiger partial charge < -0.3 is 25.0 Å². The molecule has 0 aliphatic carbocycles. The molecular formula is C27H38ClN3O3. The topological polar surface area (TPSA) is 68.0 Å². The van der Waals surface area contributed by atoms with Crippen LogP contribution in [0.5, 0.6) is 11.5 Å². The van der Waals surface area contributed by atoms with Crippen molar-refractivity contribution in [2.24, 2.45) is 11.7 Å². The van der Waals surface area contributed by atoms with Crippen LogP contribution < -0.4 is 15.2 Å². The van der Waals surface area contributed by atoms with Gasteiger partial charge in [-0.2, -0.15) is 0 Å². The average molecular weight is 488 g/mol. The molecule has 2 aliphatic rings. The lowest BCUT2D eigenvalue weighted by atomic mass is 9.99. The van der Waals surface area contributed by atoms with E-state index in [0.29, 0.717) is 0 Å². The van der Waals surface area contributed by atoms with E-state index in [1.807, 2.05) is 30.3 Å². The van der Waals surface area contributed by atoms with Gasteiger partial charge in [-0.15, -0.1) is 0 Å². The van der Waals surface area contributed by atoms with E-state index in [9.17, 15) is 4.79 Å². The minimum Gasteiger partial charge on any atom is -0.493 e. The van der Waals surface area contributed by atoms with Crippen LogP contribution in [0.2, 0.25) is 5.02 Å². The molecule has 2 fully saturated rings. The first-order valence-corrected chi connectivity index (χ1v) is 12.6. The summed E-state index contributed by atoms with van der Waals surface area (Å²) in [5, 5.41) is 0.765. The van der Waals surface area contributed by atoms with Crippen LogP contribution >= 0.6 is 11.6 Å². The maximum atomic E-state index is 10.8. The summed E-state index contributed by atoms with van der Waals surface area (Å²) in [5.74, 6) is 1.52. The van der Waals surface area contributed by atoms with Gasteiger partial charge in [-0.25, -0.2) is 0 Å². The standard InChI is InChI=1S/C15H23NO2.C12H15ClN2O/c1-17-14-8-7-13(12-15(14)18-2)6-5-11-16-9-3-4-10-16;13-11-3-1-9(2-4-11)5-6-15-7-10(8-15)12(14)16/h7-8,12H,3-6,9-11H2,1-2H3;1-4,10H,5-8H2,(H2,14,16). The predicted octanol–water partition coefficient (Wildman–Crippen LogP) is 4.03. The van der Waals surface area contributed by atoms with Crippen molar-refractivity contribution >= 4 is 17.5 Å². The molecule has 2 aromatic rings. The van der Waals surface area contributed by atoms with E-state index in [0.717, 1.165) is 49.0 Å². The van der Waals surface area contributed by atoms with Crippen LogP contribution in [0, 0.1) is 5.92 Å². The third kappa shape index (κ3) is 8.19. The number of hydrogen-bond acceptors (Lipinski definition) is 5. The van der Waals surface area contributed by atoms with Gasteiger partial charge in [0, 0.05) is 24.7 Å². The molecule has 2 aromatic carbocycles. The maximum absolute atomic E-state index is 10.8. The van der Waals surface area contributed by atoms with Crippen molar-refractivity contribution in [3.05, 3.63) is 58.6 Å². The molecule has 0 bridgehead atoms. The van der Waals surface area contributed by atoms with Gasteiger partial charge in [0.25, 0.3) is 0 Å². The van der Waals surface area contributed by atoms with Crippen LogP contribution in [-0.2, 0) is 17.6 Å². The van der Waals surface area contributed by atoms with Gasteiger partial charge >= 0.3 is 0 Å². The Kier molecular flexibility index (Phi) is 10.5. The molecule has 6 nitrogen and oxygen atoms in total. The number of benzene rings is 2. The fourth-order valence-electron chi connectivity index (χ4n) is 4.42. The van der Waals surface area contributed by atoms with Gasteiger partial charge in [0.1, 0.15) is 0 Å².